The first kappa shape index (κ1) is 40.8. The van der Waals surface area contributed by atoms with E-state index in [1.165, 1.54) is 131 Å². The fourth-order valence-electron chi connectivity index (χ4n) is 13.0. The quantitative estimate of drug-likeness (QED) is 0.119. The molecule has 336 valence electrons. The molecule has 0 atom stereocenters. The number of nitrogens with zero attached hydrogens (tertiary/aromatic N) is 1. The molecular weight excluding hydrogens is 867 g/mol. The number of benzene rings is 14. The molecule has 1 heteroatoms. The molecule has 0 aromatic heterocycles. The van der Waals surface area contributed by atoms with Gasteiger partial charge in [0.2, 0.25) is 0 Å². The summed E-state index contributed by atoms with van der Waals surface area (Å²) >= 11 is 0. The fourth-order valence-corrected chi connectivity index (χ4v) is 13.0. The number of rotatable bonds is 6. The second kappa shape index (κ2) is 15.5. The van der Waals surface area contributed by atoms with E-state index in [9.17, 15) is 0 Å². The van der Waals surface area contributed by atoms with E-state index >= 15 is 0 Å². The van der Waals surface area contributed by atoms with Gasteiger partial charge in [-0.05, 0) is 162 Å². The summed E-state index contributed by atoms with van der Waals surface area (Å²) in [6.45, 7) is 4.77. The lowest BCUT2D eigenvalue weighted by Crippen LogP contribution is -2.16. The second-order valence-corrected chi connectivity index (χ2v) is 20.3. The molecule has 0 saturated heterocycles. The summed E-state index contributed by atoms with van der Waals surface area (Å²) in [5.41, 5.74) is 15.9. The van der Waals surface area contributed by atoms with Crippen LogP contribution in [0.25, 0.3) is 120 Å². The number of hydrogen-bond acceptors (Lipinski definition) is 1. The van der Waals surface area contributed by atoms with Crippen molar-refractivity contribution in [2.45, 2.75) is 19.3 Å². The molecule has 14 aromatic carbocycles. The molecule has 1 aliphatic rings. The summed E-state index contributed by atoms with van der Waals surface area (Å²) in [5.74, 6) is 0. The van der Waals surface area contributed by atoms with Gasteiger partial charge in [0.05, 0.1) is 5.69 Å². The average Bonchev–Trinajstić information content (AvgIpc) is 3.67. The lowest BCUT2D eigenvalue weighted by molar-refractivity contribution is 0.660. The summed E-state index contributed by atoms with van der Waals surface area (Å²) in [6.07, 6.45) is 0. The second-order valence-electron chi connectivity index (χ2n) is 20.3. The van der Waals surface area contributed by atoms with Crippen LogP contribution in [0, 0.1) is 0 Å². The first-order chi connectivity index (χ1) is 35.5. The molecule has 15 rings (SSSR count). The molecule has 72 heavy (non-hydrogen) atoms. The van der Waals surface area contributed by atoms with E-state index in [1.807, 2.05) is 0 Å². The zero-order chi connectivity index (χ0) is 47.7. The molecule has 0 fully saturated rings. The minimum atomic E-state index is -0.171. The minimum absolute atomic E-state index is 0.171. The van der Waals surface area contributed by atoms with Crippen LogP contribution in [0.4, 0.5) is 17.1 Å². The van der Waals surface area contributed by atoms with Crippen LogP contribution < -0.4 is 4.90 Å². The van der Waals surface area contributed by atoms with Gasteiger partial charge in [0.15, 0.2) is 0 Å². The number of fused-ring (bicyclic) bond motifs is 11. The Bertz CT molecular complexity index is 4460. The Morgan fingerprint density at radius 2 is 0.778 bits per heavy atom. The van der Waals surface area contributed by atoms with E-state index in [1.54, 1.807) is 0 Å². The monoisotopic (exact) mass is 913 g/mol. The molecule has 0 bridgehead atoms. The largest absolute Gasteiger partial charge is 0.310 e. The van der Waals surface area contributed by atoms with Crippen molar-refractivity contribution >= 4 is 92.5 Å². The maximum absolute atomic E-state index is 2.55. The van der Waals surface area contributed by atoms with Crippen molar-refractivity contribution in [1.29, 1.82) is 0 Å². The Morgan fingerprint density at radius 1 is 0.278 bits per heavy atom. The van der Waals surface area contributed by atoms with Gasteiger partial charge >= 0.3 is 0 Å². The molecule has 0 N–H and O–H groups in total. The van der Waals surface area contributed by atoms with E-state index in [2.05, 4.69) is 267 Å². The predicted octanol–water partition coefficient (Wildman–Crippen LogP) is 20.0. The molecule has 0 radical (unpaired) electrons. The van der Waals surface area contributed by atoms with Crippen molar-refractivity contribution in [3.05, 3.63) is 260 Å². The molecule has 1 nitrogen and oxygen atoms in total. The minimum Gasteiger partial charge on any atom is -0.310 e. The Labute approximate surface area is 418 Å². The van der Waals surface area contributed by atoms with Gasteiger partial charge in [0, 0.05) is 22.2 Å². The van der Waals surface area contributed by atoms with Gasteiger partial charge in [-0.2, -0.15) is 0 Å². The highest BCUT2D eigenvalue weighted by Crippen LogP contribution is 2.54. The zero-order valence-electron chi connectivity index (χ0n) is 40.1. The normalized spacial score (nSPS) is 13.0. The highest BCUT2D eigenvalue weighted by atomic mass is 15.1. The van der Waals surface area contributed by atoms with Gasteiger partial charge in [0.1, 0.15) is 0 Å². The van der Waals surface area contributed by atoms with E-state index in [0.29, 0.717) is 0 Å². The summed E-state index contributed by atoms with van der Waals surface area (Å²) in [7, 11) is 0. The third-order valence-electron chi connectivity index (χ3n) is 16.1. The van der Waals surface area contributed by atoms with Crippen LogP contribution >= 0.6 is 0 Å². The highest BCUT2D eigenvalue weighted by Gasteiger charge is 2.36. The Balaban J connectivity index is 1.07. The van der Waals surface area contributed by atoms with E-state index in [-0.39, 0.29) is 5.41 Å². The van der Waals surface area contributed by atoms with Crippen molar-refractivity contribution in [2.24, 2.45) is 0 Å². The molecule has 14 aromatic rings. The van der Waals surface area contributed by atoms with Crippen LogP contribution in [-0.4, -0.2) is 0 Å². The van der Waals surface area contributed by atoms with E-state index < -0.39 is 0 Å². The lowest BCUT2D eigenvalue weighted by Gasteiger charge is -2.30. The smallest absolute Gasteiger partial charge is 0.0540 e. The number of hydrogen-bond donors (Lipinski definition) is 0. The van der Waals surface area contributed by atoms with Gasteiger partial charge in [-0.25, -0.2) is 0 Å². The third-order valence-corrected chi connectivity index (χ3v) is 16.1. The molecule has 0 aliphatic heterocycles. The van der Waals surface area contributed by atoms with Crippen LogP contribution in [0.5, 0.6) is 0 Å². The Morgan fingerprint density at radius 3 is 1.51 bits per heavy atom. The van der Waals surface area contributed by atoms with Gasteiger partial charge in [-0.1, -0.05) is 226 Å². The first-order valence-corrected chi connectivity index (χ1v) is 25.3. The van der Waals surface area contributed by atoms with E-state index in [4.69, 9.17) is 0 Å². The molecule has 0 saturated carbocycles. The zero-order valence-corrected chi connectivity index (χ0v) is 40.1. The van der Waals surface area contributed by atoms with Crippen molar-refractivity contribution in [3.8, 4) is 44.5 Å². The molecule has 0 heterocycles. The Hall–Kier alpha value is -9.04. The van der Waals surface area contributed by atoms with Crippen LogP contribution in [0.15, 0.2) is 249 Å². The highest BCUT2D eigenvalue weighted by molar-refractivity contribution is 6.35. The molecule has 0 amide bonds. The summed E-state index contributed by atoms with van der Waals surface area (Å²) < 4.78 is 0. The summed E-state index contributed by atoms with van der Waals surface area (Å²) in [4.78, 5) is 2.55. The fraction of sp³-hybridized carbons (Fsp3) is 0.0423. The van der Waals surface area contributed by atoms with Crippen molar-refractivity contribution < 1.29 is 0 Å². The topological polar surface area (TPSA) is 3.24 Å². The predicted molar refractivity (Wildman–Crippen MR) is 309 cm³/mol. The van der Waals surface area contributed by atoms with Gasteiger partial charge in [-0.3, -0.25) is 0 Å². The van der Waals surface area contributed by atoms with Crippen molar-refractivity contribution in [2.75, 3.05) is 4.90 Å². The maximum atomic E-state index is 2.55. The van der Waals surface area contributed by atoms with E-state index in [0.717, 1.165) is 17.1 Å². The molecular formula is C71H47N. The van der Waals surface area contributed by atoms with Gasteiger partial charge in [0.25, 0.3) is 0 Å². The number of anilines is 3. The van der Waals surface area contributed by atoms with Gasteiger partial charge < -0.3 is 4.90 Å². The molecule has 0 unspecified atom stereocenters. The van der Waals surface area contributed by atoms with Gasteiger partial charge in [-0.15, -0.1) is 0 Å². The van der Waals surface area contributed by atoms with Crippen molar-refractivity contribution in [3.63, 3.8) is 0 Å². The maximum Gasteiger partial charge on any atom is 0.0540 e. The first-order valence-electron chi connectivity index (χ1n) is 25.3. The Kier molecular flexibility index (Phi) is 8.77. The summed E-state index contributed by atoms with van der Waals surface area (Å²) in [5, 5.41) is 17.8. The van der Waals surface area contributed by atoms with Crippen LogP contribution in [-0.2, 0) is 5.41 Å². The van der Waals surface area contributed by atoms with Crippen molar-refractivity contribution in [1.82, 2.24) is 0 Å². The van der Waals surface area contributed by atoms with Crippen LogP contribution in [0.3, 0.4) is 0 Å². The van der Waals surface area contributed by atoms with Crippen LogP contribution in [0.2, 0.25) is 0 Å². The molecule has 0 spiro atoms. The molecule has 1 aliphatic carbocycles. The lowest BCUT2D eigenvalue weighted by atomic mass is 9.81. The van der Waals surface area contributed by atoms with Crippen LogP contribution in [0.1, 0.15) is 25.0 Å². The third kappa shape index (κ3) is 5.83. The summed E-state index contributed by atoms with van der Waals surface area (Å²) in [6, 6.07) is 93.3. The average molecular weight is 914 g/mol. The SMILES string of the molecule is CC1(C)c2ccccc2-c2ccc(N(c3ccc4c(c3)c3ccccc3c3c(-c5ccccc5)cc(-c5ccccc5)c(-c5ccccc5)c43)c3ccc4c5cccc6cccc(c7cccc3c74)c65)cc21. The standard InChI is InChI=1S/C71H47N/c1-71(2)63-34-15-14-28-51(63)52-37-35-49(42-64(52)71)72(65-40-39-57-55-31-17-26-46-25-16-30-54(66(46)55)56-32-18-33-59(65)68(56)57)48-36-38-58-62(41-48)50-27-12-13-29-53(50)69-61(45-21-8-4-9-22-45)43-60(44-19-6-3-7-20-44)67(70(58)69)47-23-10-5-11-24-47/h3-43H,1-2H3.